The Labute approximate surface area is 230 Å². The summed E-state index contributed by atoms with van der Waals surface area (Å²) in [6, 6.07) is 14.8. The van der Waals surface area contributed by atoms with E-state index in [0.29, 0.717) is 36.2 Å². The van der Waals surface area contributed by atoms with Gasteiger partial charge in [-0.2, -0.15) is 0 Å². The van der Waals surface area contributed by atoms with E-state index in [-0.39, 0.29) is 23.4 Å². The molecule has 40 heavy (non-hydrogen) atoms. The van der Waals surface area contributed by atoms with Gasteiger partial charge in [0.15, 0.2) is 11.5 Å². The molecule has 2 saturated heterocycles. The van der Waals surface area contributed by atoms with E-state index >= 15 is 8.78 Å². The standard InChI is InChI=1S/C29H33F2N7O2/c30-29(31)18-36(16-12-20-10-14-33-15-11-20)17-13-24(29)38-27-25(26(32)34-19-35-27)37(28(38)39)21-6-8-23(9-7-21)40-22-4-2-1-3-5-22/h1-9,19-20,24,33H,10-18H2,(H2,32,34,35)/t24-/m1/s1. The minimum atomic E-state index is -3.12. The molecule has 11 heteroatoms. The first-order valence-corrected chi connectivity index (χ1v) is 13.8. The topological polar surface area (TPSA) is 103 Å². The van der Waals surface area contributed by atoms with Crippen LogP contribution in [0.25, 0.3) is 16.9 Å². The number of anilines is 1. The zero-order valence-electron chi connectivity index (χ0n) is 22.2. The lowest BCUT2D eigenvalue weighted by Gasteiger charge is -2.39. The van der Waals surface area contributed by atoms with Crippen molar-refractivity contribution in [3.05, 3.63) is 71.4 Å². The van der Waals surface area contributed by atoms with Gasteiger partial charge in [-0.05, 0) is 87.6 Å². The number of aromatic nitrogens is 4. The summed E-state index contributed by atoms with van der Waals surface area (Å²) in [6.45, 7) is 2.70. The average Bonchev–Trinajstić information content (AvgIpc) is 3.26. The molecule has 1 atom stereocenters. The van der Waals surface area contributed by atoms with Crippen molar-refractivity contribution in [2.75, 3.05) is 38.5 Å². The van der Waals surface area contributed by atoms with Gasteiger partial charge in [-0.1, -0.05) is 18.2 Å². The number of alkyl halides is 2. The molecule has 0 spiro atoms. The number of hydrogen-bond donors (Lipinski definition) is 2. The number of nitrogens with zero attached hydrogens (tertiary/aromatic N) is 5. The second kappa shape index (κ2) is 11.0. The van der Waals surface area contributed by atoms with E-state index in [1.165, 1.54) is 10.9 Å². The predicted octanol–water partition coefficient (Wildman–Crippen LogP) is 4.23. The summed E-state index contributed by atoms with van der Waals surface area (Å²) in [4.78, 5) is 24.0. The van der Waals surface area contributed by atoms with Crippen LogP contribution in [0.1, 0.15) is 31.7 Å². The van der Waals surface area contributed by atoms with E-state index in [1.807, 2.05) is 35.2 Å². The second-order valence-corrected chi connectivity index (χ2v) is 10.7. The van der Waals surface area contributed by atoms with Crippen LogP contribution >= 0.6 is 0 Å². The minimum Gasteiger partial charge on any atom is -0.457 e. The number of benzene rings is 2. The third-order valence-corrected chi connectivity index (χ3v) is 8.02. The van der Waals surface area contributed by atoms with Gasteiger partial charge in [-0.3, -0.25) is 14.0 Å². The van der Waals surface area contributed by atoms with Crippen molar-refractivity contribution in [1.29, 1.82) is 0 Å². The molecule has 0 radical (unpaired) electrons. The van der Waals surface area contributed by atoms with Crippen LogP contribution in [0.4, 0.5) is 14.6 Å². The van der Waals surface area contributed by atoms with Crippen LogP contribution in [0.2, 0.25) is 0 Å². The molecule has 2 aliphatic heterocycles. The van der Waals surface area contributed by atoms with Crippen molar-refractivity contribution in [2.24, 2.45) is 5.92 Å². The number of nitrogen functional groups attached to an aromatic ring is 1. The first-order valence-electron chi connectivity index (χ1n) is 13.8. The number of imidazole rings is 1. The maximum absolute atomic E-state index is 15.7. The molecule has 6 rings (SSSR count). The Kier molecular flexibility index (Phi) is 7.24. The van der Waals surface area contributed by atoms with Crippen molar-refractivity contribution in [2.45, 2.75) is 37.6 Å². The van der Waals surface area contributed by atoms with Crippen LogP contribution in [0.3, 0.4) is 0 Å². The normalized spacial score (nSPS) is 20.1. The van der Waals surface area contributed by atoms with Crippen LogP contribution in [0.5, 0.6) is 11.5 Å². The van der Waals surface area contributed by atoms with Crippen molar-refractivity contribution in [1.82, 2.24) is 29.3 Å². The zero-order valence-corrected chi connectivity index (χ0v) is 22.2. The van der Waals surface area contributed by atoms with E-state index in [9.17, 15) is 4.79 Å². The Morgan fingerprint density at radius 1 is 1.00 bits per heavy atom. The van der Waals surface area contributed by atoms with Gasteiger partial charge in [0.2, 0.25) is 0 Å². The summed E-state index contributed by atoms with van der Waals surface area (Å²) in [6.07, 6.45) is 4.42. The van der Waals surface area contributed by atoms with E-state index in [1.54, 1.807) is 24.3 Å². The highest BCUT2D eigenvalue weighted by atomic mass is 19.3. The lowest BCUT2D eigenvalue weighted by atomic mass is 9.93. The van der Waals surface area contributed by atoms with Crippen molar-refractivity contribution >= 4 is 17.0 Å². The van der Waals surface area contributed by atoms with E-state index < -0.39 is 24.2 Å². The molecule has 0 aliphatic carbocycles. The maximum Gasteiger partial charge on any atom is 0.335 e. The van der Waals surface area contributed by atoms with Gasteiger partial charge < -0.3 is 15.8 Å². The molecule has 0 amide bonds. The molecule has 0 unspecified atom stereocenters. The summed E-state index contributed by atoms with van der Waals surface area (Å²) < 4.78 is 39.8. The Hall–Kier alpha value is -3.83. The number of rotatable bonds is 7. The van der Waals surface area contributed by atoms with Crippen molar-refractivity contribution in [3.63, 3.8) is 0 Å². The highest BCUT2D eigenvalue weighted by Crippen LogP contribution is 2.38. The molecule has 9 nitrogen and oxygen atoms in total. The van der Waals surface area contributed by atoms with Crippen LogP contribution < -0.4 is 21.5 Å². The van der Waals surface area contributed by atoms with Crippen molar-refractivity contribution in [3.8, 4) is 17.2 Å². The van der Waals surface area contributed by atoms with Crippen molar-refractivity contribution < 1.29 is 13.5 Å². The average molecular weight is 550 g/mol. The number of hydrogen-bond acceptors (Lipinski definition) is 7. The Morgan fingerprint density at radius 2 is 1.73 bits per heavy atom. The monoisotopic (exact) mass is 549 g/mol. The molecule has 2 aliphatic rings. The van der Waals surface area contributed by atoms with Crippen LogP contribution in [-0.2, 0) is 0 Å². The second-order valence-electron chi connectivity index (χ2n) is 10.7. The Morgan fingerprint density at radius 3 is 2.45 bits per heavy atom. The fourth-order valence-corrected chi connectivity index (χ4v) is 5.92. The van der Waals surface area contributed by atoms with Gasteiger partial charge >= 0.3 is 5.69 Å². The fraction of sp³-hybridized carbons (Fsp3) is 0.414. The van der Waals surface area contributed by atoms with Gasteiger partial charge in [0.25, 0.3) is 5.92 Å². The fourth-order valence-electron chi connectivity index (χ4n) is 5.92. The SMILES string of the molecule is Nc1ncnc2c1n(-c1ccc(Oc3ccccc3)cc1)c(=O)n2[C@@H]1CCN(CCC2CCNCC2)CC1(F)F. The highest BCUT2D eigenvalue weighted by molar-refractivity contribution is 5.84. The first kappa shape index (κ1) is 26.4. The molecule has 4 aromatic rings. The van der Waals surface area contributed by atoms with E-state index in [4.69, 9.17) is 10.5 Å². The molecule has 2 aromatic heterocycles. The van der Waals surface area contributed by atoms with Crippen LogP contribution in [0.15, 0.2) is 65.7 Å². The van der Waals surface area contributed by atoms with Gasteiger partial charge in [-0.15, -0.1) is 0 Å². The highest BCUT2D eigenvalue weighted by Gasteiger charge is 2.47. The smallest absolute Gasteiger partial charge is 0.335 e. The molecule has 210 valence electrons. The maximum atomic E-state index is 15.7. The largest absolute Gasteiger partial charge is 0.457 e. The number of ether oxygens (including phenoxy) is 1. The molecule has 0 saturated carbocycles. The Bertz CT molecular complexity index is 1520. The van der Waals surface area contributed by atoms with E-state index in [2.05, 4.69) is 15.3 Å². The predicted molar refractivity (Wildman–Crippen MR) is 149 cm³/mol. The van der Waals surface area contributed by atoms with E-state index in [0.717, 1.165) is 36.9 Å². The van der Waals surface area contributed by atoms with Gasteiger partial charge in [0.05, 0.1) is 12.2 Å². The number of halogens is 2. The van der Waals surface area contributed by atoms with Gasteiger partial charge in [0.1, 0.15) is 29.4 Å². The van der Waals surface area contributed by atoms with Crippen LogP contribution in [0, 0.1) is 5.92 Å². The number of piperidine rings is 2. The van der Waals surface area contributed by atoms with Gasteiger partial charge in [-0.25, -0.2) is 23.5 Å². The number of para-hydroxylation sites is 1. The molecule has 0 bridgehead atoms. The number of likely N-dealkylation sites (tertiary alicyclic amines) is 1. The Balaban J connectivity index is 1.28. The number of fused-ring (bicyclic) bond motifs is 1. The minimum absolute atomic E-state index is 0.0492. The molecule has 2 fully saturated rings. The zero-order chi connectivity index (χ0) is 27.7. The summed E-state index contributed by atoms with van der Waals surface area (Å²) >= 11 is 0. The lowest BCUT2D eigenvalue weighted by Crippen LogP contribution is -2.51. The molecular formula is C29H33F2N7O2. The number of nitrogens with two attached hydrogens (primary N) is 1. The third-order valence-electron chi connectivity index (χ3n) is 8.02. The lowest BCUT2D eigenvalue weighted by molar-refractivity contribution is -0.104. The summed E-state index contributed by atoms with van der Waals surface area (Å²) in [5, 5.41) is 3.35. The first-order chi connectivity index (χ1) is 19.4. The number of nitrogens with one attached hydrogen (secondary N) is 1. The summed E-state index contributed by atoms with van der Waals surface area (Å²) in [5.41, 5.74) is 6.35. The molecule has 4 heterocycles. The van der Waals surface area contributed by atoms with Gasteiger partial charge in [0, 0.05) is 6.54 Å². The molecular weight excluding hydrogens is 516 g/mol. The summed E-state index contributed by atoms with van der Waals surface area (Å²) in [7, 11) is 0. The quantitative estimate of drug-likeness (QED) is 0.356. The summed E-state index contributed by atoms with van der Waals surface area (Å²) in [5.74, 6) is -1.27. The molecule has 3 N–H and O–H groups in total. The molecule has 2 aromatic carbocycles. The third kappa shape index (κ3) is 5.18. The van der Waals surface area contributed by atoms with Crippen LogP contribution in [-0.4, -0.2) is 62.6 Å².